The Bertz CT molecular complexity index is 535. The molecule has 5 nitrogen and oxygen atoms in total. The van der Waals surface area contributed by atoms with Crippen LogP contribution < -0.4 is 10.2 Å². The third kappa shape index (κ3) is 2.93. The summed E-state index contributed by atoms with van der Waals surface area (Å²) in [5.41, 5.74) is 2.08. The molecule has 2 saturated heterocycles. The van der Waals surface area contributed by atoms with E-state index in [9.17, 15) is 9.59 Å². The number of carbonyl (C=O) groups excluding carboxylic acids is 2. The molecule has 0 aliphatic carbocycles. The van der Waals surface area contributed by atoms with Crippen LogP contribution in [-0.4, -0.2) is 49.4 Å². The molecule has 1 unspecified atom stereocenters. The highest BCUT2D eigenvalue weighted by Gasteiger charge is 2.31. The summed E-state index contributed by atoms with van der Waals surface area (Å²) in [4.78, 5) is 26.8. The highest BCUT2D eigenvalue weighted by atomic mass is 16.2. The van der Waals surface area contributed by atoms with Gasteiger partial charge in [0.05, 0.1) is 0 Å². The standard InChI is InChI=1S/C16H21N3O2/c1-18-9-10-19(16(21)15(18)20)14-6-4-12(5-7-14)11-13-3-2-8-17-13/h4-7,13,17H,2-3,8-11H2,1H3. The number of hydrogen-bond acceptors (Lipinski definition) is 3. The lowest BCUT2D eigenvalue weighted by Gasteiger charge is -2.31. The van der Waals surface area contributed by atoms with Crippen molar-refractivity contribution in [3.8, 4) is 0 Å². The lowest BCUT2D eigenvalue weighted by molar-refractivity contribution is -0.145. The van der Waals surface area contributed by atoms with E-state index < -0.39 is 11.8 Å². The summed E-state index contributed by atoms with van der Waals surface area (Å²) in [5, 5.41) is 3.49. The van der Waals surface area contributed by atoms with Gasteiger partial charge in [0.2, 0.25) is 0 Å². The van der Waals surface area contributed by atoms with Crippen LogP contribution in [0.1, 0.15) is 18.4 Å². The molecule has 0 saturated carbocycles. The maximum atomic E-state index is 12.0. The van der Waals surface area contributed by atoms with Gasteiger partial charge in [0.25, 0.3) is 0 Å². The molecule has 1 aromatic carbocycles. The zero-order valence-corrected chi connectivity index (χ0v) is 12.3. The van der Waals surface area contributed by atoms with Gasteiger partial charge in [-0.05, 0) is 43.5 Å². The average Bonchev–Trinajstić information content (AvgIpc) is 2.99. The Balaban J connectivity index is 1.68. The smallest absolute Gasteiger partial charge is 0.316 e. The molecule has 0 radical (unpaired) electrons. The van der Waals surface area contributed by atoms with E-state index in [0.29, 0.717) is 19.1 Å². The fourth-order valence-corrected chi connectivity index (χ4v) is 3.01. The Morgan fingerprint density at radius 1 is 1.14 bits per heavy atom. The zero-order chi connectivity index (χ0) is 14.8. The van der Waals surface area contributed by atoms with Gasteiger partial charge >= 0.3 is 11.8 Å². The molecule has 2 aliphatic heterocycles. The quantitative estimate of drug-likeness (QED) is 0.836. The summed E-state index contributed by atoms with van der Waals surface area (Å²) >= 11 is 0. The predicted molar refractivity (Wildman–Crippen MR) is 81.2 cm³/mol. The van der Waals surface area contributed by atoms with E-state index in [2.05, 4.69) is 17.4 Å². The second kappa shape index (κ2) is 5.85. The second-order valence-electron chi connectivity index (χ2n) is 5.85. The normalized spacial score (nSPS) is 23.0. The Labute approximate surface area is 124 Å². The first-order chi connectivity index (χ1) is 10.1. The molecule has 2 heterocycles. The van der Waals surface area contributed by atoms with Crippen molar-refractivity contribution in [2.24, 2.45) is 0 Å². The fourth-order valence-electron chi connectivity index (χ4n) is 3.01. The topological polar surface area (TPSA) is 52.6 Å². The fraction of sp³-hybridized carbons (Fsp3) is 0.500. The van der Waals surface area contributed by atoms with Gasteiger partial charge in [0.15, 0.2) is 0 Å². The lowest BCUT2D eigenvalue weighted by Crippen LogP contribution is -2.53. The number of rotatable bonds is 3. The third-order valence-corrected chi connectivity index (χ3v) is 4.33. The summed E-state index contributed by atoms with van der Waals surface area (Å²) in [6.45, 7) is 2.25. The van der Waals surface area contributed by atoms with Crippen molar-refractivity contribution in [2.45, 2.75) is 25.3 Å². The maximum Gasteiger partial charge on any atom is 0.316 e. The van der Waals surface area contributed by atoms with E-state index in [0.717, 1.165) is 18.7 Å². The van der Waals surface area contributed by atoms with Gasteiger partial charge in [0, 0.05) is 31.9 Å². The molecule has 5 heteroatoms. The Kier molecular flexibility index (Phi) is 3.92. The van der Waals surface area contributed by atoms with Crippen molar-refractivity contribution < 1.29 is 9.59 Å². The minimum absolute atomic E-state index is 0.430. The highest BCUT2D eigenvalue weighted by molar-refractivity contribution is 6.40. The van der Waals surface area contributed by atoms with Gasteiger partial charge in [-0.2, -0.15) is 0 Å². The molecule has 3 rings (SSSR count). The summed E-state index contributed by atoms with van der Waals surface area (Å²) < 4.78 is 0. The van der Waals surface area contributed by atoms with E-state index in [1.165, 1.54) is 23.3 Å². The minimum Gasteiger partial charge on any atom is -0.336 e. The van der Waals surface area contributed by atoms with Gasteiger partial charge in [0.1, 0.15) is 0 Å². The van der Waals surface area contributed by atoms with Gasteiger partial charge < -0.3 is 15.1 Å². The molecule has 2 aliphatic rings. The van der Waals surface area contributed by atoms with Crippen LogP contribution >= 0.6 is 0 Å². The predicted octanol–water partition coefficient (Wildman–Crippen LogP) is 0.786. The number of hydrogen-bond donors (Lipinski definition) is 1. The number of carbonyl (C=O) groups is 2. The maximum absolute atomic E-state index is 12.0. The summed E-state index contributed by atoms with van der Waals surface area (Å²) in [6.07, 6.45) is 3.50. The molecule has 0 bridgehead atoms. The molecule has 2 fully saturated rings. The summed E-state index contributed by atoms with van der Waals surface area (Å²) in [6, 6.07) is 8.58. The molecule has 112 valence electrons. The number of benzene rings is 1. The van der Waals surface area contributed by atoms with Crippen LogP contribution in [0, 0.1) is 0 Å². The SMILES string of the molecule is CN1CCN(c2ccc(CC3CCCN3)cc2)C(=O)C1=O. The average molecular weight is 287 g/mol. The summed E-state index contributed by atoms with van der Waals surface area (Å²) in [7, 11) is 1.66. The van der Waals surface area contributed by atoms with Crippen LogP contribution in [0.3, 0.4) is 0 Å². The number of nitrogens with zero attached hydrogens (tertiary/aromatic N) is 2. The van der Waals surface area contributed by atoms with Crippen molar-refractivity contribution in [3.05, 3.63) is 29.8 Å². The molecule has 1 atom stereocenters. The molecular formula is C16H21N3O2. The van der Waals surface area contributed by atoms with Crippen LogP contribution in [0.4, 0.5) is 5.69 Å². The molecule has 21 heavy (non-hydrogen) atoms. The Morgan fingerprint density at radius 3 is 2.57 bits per heavy atom. The number of amides is 2. The van der Waals surface area contributed by atoms with E-state index >= 15 is 0 Å². The minimum atomic E-state index is -0.436. The number of nitrogens with one attached hydrogen (secondary N) is 1. The monoisotopic (exact) mass is 287 g/mol. The van der Waals surface area contributed by atoms with E-state index in [4.69, 9.17) is 0 Å². The second-order valence-corrected chi connectivity index (χ2v) is 5.85. The van der Waals surface area contributed by atoms with Crippen molar-refractivity contribution in [3.63, 3.8) is 0 Å². The first-order valence-corrected chi connectivity index (χ1v) is 7.54. The molecule has 1 aromatic rings. The van der Waals surface area contributed by atoms with Crippen LogP contribution in [0.25, 0.3) is 0 Å². The zero-order valence-electron chi connectivity index (χ0n) is 12.3. The first kappa shape index (κ1) is 14.1. The van der Waals surface area contributed by atoms with Crippen molar-refractivity contribution in [1.82, 2.24) is 10.2 Å². The highest BCUT2D eigenvalue weighted by Crippen LogP contribution is 2.20. The van der Waals surface area contributed by atoms with E-state index in [1.54, 1.807) is 11.9 Å². The molecule has 1 N–H and O–H groups in total. The van der Waals surface area contributed by atoms with Gasteiger partial charge in [-0.25, -0.2) is 0 Å². The molecule has 0 spiro atoms. The van der Waals surface area contributed by atoms with Crippen LogP contribution in [0.15, 0.2) is 24.3 Å². The van der Waals surface area contributed by atoms with Crippen molar-refractivity contribution in [1.29, 1.82) is 0 Å². The Hall–Kier alpha value is -1.88. The van der Waals surface area contributed by atoms with Crippen molar-refractivity contribution >= 4 is 17.5 Å². The van der Waals surface area contributed by atoms with Crippen LogP contribution in [-0.2, 0) is 16.0 Å². The summed E-state index contributed by atoms with van der Waals surface area (Å²) in [5.74, 6) is -0.866. The first-order valence-electron chi connectivity index (χ1n) is 7.54. The number of likely N-dealkylation sites (N-methyl/N-ethyl adjacent to an activating group) is 1. The number of anilines is 1. The third-order valence-electron chi connectivity index (χ3n) is 4.33. The van der Waals surface area contributed by atoms with Gasteiger partial charge in [-0.1, -0.05) is 12.1 Å². The Morgan fingerprint density at radius 2 is 1.90 bits per heavy atom. The van der Waals surface area contributed by atoms with E-state index in [1.807, 2.05) is 12.1 Å². The van der Waals surface area contributed by atoms with Gasteiger partial charge in [-0.3, -0.25) is 9.59 Å². The lowest BCUT2D eigenvalue weighted by atomic mass is 10.0. The van der Waals surface area contributed by atoms with Gasteiger partial charge in [-0.15, -0.1) is 0 Å². The number of piperazine rings is 1. The van der Waals surface area contributed by atoms with Crippen molar-refractivity contribution in [2.75, 3.05) is 31.6 Å². The molecule has 2 amide bonds. The molecule has 0 aromatic heterocycles. The van der Waals surface area contributed by atoms with Crippen LogP contribution in [0.5, 0.6) is 0 Å². The molecular weight excluding hydrogens is 266 g/mol. The van der Waals surface area contributed by atoms with E-state index in [-0.39, 0.29) is 0 Å². The van der Waals surface area contributed by atoms with Crippen LogP contribution in [0.2, 0.25) is 0 Å². The largest absolute Gasteiger partial charge is 0.336 e.